The molecule has 0 bridgehead atoms. The molecule has 21 heavy (non-hydrogen) atoms. The fourth-order valence-electron chi connectivity index (χ4n) is 2.42. The summed E-state index contributed by atoms with van der Waals surface area (Å²) in [6.07, 6.45) is 6.69. The summed E-state index contributed by atoms with van der Waals surface area (Å²) in [5.41, 5.74) is 3.74. The number of nitrogens with zero attached hydrogens (tertiary/aromatic N) is 1. The first-order valence-electron chi connectivity index (χ1n) is 8.02. The predicted molar refractivity (Wildman–Crippen MR) is 84.5 cm³/mol. The molecule has 1 aliphatic carbocycles. The zero-order chi connectivity index (χ0) is 14.9. The normalized spacial score (nSPS) is 14.6. The molecular weight excluding hydrogens is 264 g/mol. The van der Waals surface area contributed by atoms with Gasteiger partial charge in [-0.2, -0.15) is 0 Å². The van der Waals surface area contributed by atoms with Crippen molar-refractivity contribution in [2.45, 2.75) is 51.1 Å². The Bertz CT molecular complexity index is 391. The van der Waals surface area contributed by atoms with Gasteiger partial charge >= 0.3 is 0 Å². The van der Waals surface area contributed by atoms with Crippen molar-refractivity contribution in [3.05, 3.63) is 29.1 Å². The lowest BCUT2D eigenvalue weighted by atomic mass is 10.1. The third-order valence-electron chi connectivity index (χ3n) is 3.73. The minimum atomic E-state index is 0.743. The Morgan fingerprint density at radius 1 is 1.05 bits per heavy atom. The summed E-state index contributed by atoms with van der Waals surface area (Å²) in [4.78, 5) is 4.78. The number of hydrogen-bond acceptors (Lipinski definition) is 4. The summed E-state index contributed by atoms with van der Waals surface area (Å²) in [6.45, 7) is 2.55. The largest absolute Gasteiger partial charge is 0.385 e. The number of hydrogen-bond donors (Lipinski definition) is 1. The minimum absolute atomic E-state index is 0.743. The first-order valence-corrected chi connectivity index (χ1v) is 8.02. The van der Waals surface area contributed by atoms with Crippen molar-refractivity contribution in [1.29, 1.82) is 0 Å². The topological polar surface area (TPSA) is 43.4 Å². The average molecular weight is 292 g/mol. The summed E-state index contributed by atoms with van der Waals surface area (Å²) in [5.74, 6) is 0. The molecular formula is C17H28N2O2. The Labute approximate surface area is 128 Å². The van der Waals surface area contributed by atoms with Crippen LogP contribution in [0, 0.1) is 0 Å². The number of rotatable bonds is 11. The molecule has 0 aliphatic heterocycles. The number of aryl methyl sites for hydroxylation is 2. The number of nitrogens with one attached hydrogen (secondary N) is 1. The fraction of sp³-hybridized carbons (Fsp3) is 0.706. The Kier molecular flexibility index (Phi) is 7.13. The molecule has 1 aliphatic rings. The van der Waals surface area contributed by atoms with Crippen LogP contribution in [0.3, 0.4) is 0 Å². The Morgan fingerprint density at radius 3 is 2.10 bits per heavy atom. The van der Waals surface area contributed by atoms with Gasteiger partial charge in [-0.25, -0.2) is 0 Å². The van der Waals surface area contributed by atoms with Gasteiger partial charge in [-0.15, -0.1) is 0 Å². The standard InChI is InChI=1S/C17H28N2O2/c1-20-9-3-5-16-11-14(13-18-15-7-8-15)12-17(19-16)6-4-10-21-2/h11-12,15,18H,3-10,13H2,1-2H3. The van der Waals surface area contributed by atoms with Gasteiger partial charge in [0.2, 0.25) is 0 Å². The van der Waals surface area contributed by atoms with Crippen molar-refractivity contribution in [3.8, 4) is 0 Å². The highest BCUT2D eigenvalue weighted by Crippen LogP contribution is 2.19. The molecule has 1 aromatic heterocycles. The maximum absolute atomic E-state index is 5.13. The van der Waals surface area contributed by atoms with Crippen LogP contribution in [0.5, 0.6) is 0 Å². The number of ether oxygens (including phenoxy) is 2. The fourth-order valence-corrected chi connectivity index (χ4v) is 2.42. The van der Waals surface area contributed by atoms with E-state index in [1.54, 1.807) is 14.2 Å². The molecule has 0 aromatic carbocycles. The Balaban J connectivity index is 1.94. The van der Waals surface area contributed by atoms with Gasteiger partial charge in [0.05, 0.1) is 0 Å². The summed E-state index contributed by atoms with van der Waals surface area (Å²) in [6, 6.07) is 5.22. The van der Waals surface area contributed by atoms with Crippen LogP contribution in [0.15, 0.2) is 12.1 Å². The van der Waals surface area contributed by atoms with Crippen molar-refractivity contribution < 1.29 is 9.47 Å². The van der Waals surface area contributed by atoms with Gasteiger partial charge in [0.15, 0.2) is 0 Å². The van der Waals surface area contributed by atoms with Crippen molar-refractivity contribution in [2.75, 3.05) is 27.4 Å². The zero-order valence-corrected chi connectivity index (χ0v) is 13.4. The average Bonchev–Trinajstić information content (AvgIpc) is 3.30. The molecule has 2 rings (SSSR count). The van der Waals surface area contributed by atoms with Crippen molar-refractivity contribution >= 4 is 0 Å². The van der Waals surface area contributed by atoms with E-state index in [4.69, 9.17) is 14.5 Å². The minimum Gasteiger partial charge on any atom is -0.385 e. The molecule has 0 unspecified atom stereocenters. The van der Waals surface area contributed by atoms with Gasteiger partial charge in [-0.1, -0.05) is 0 Å². The smallest absolute Gasteiger partial charge is 0.0466 e. The molecule has 1 N–H and O–H groups in total. The summed E-state index contributed by atoms with van der Waals surface area (Å²) in [7, 11) is 3.50. The van der Waals surface area contributed by atoms with Crippen LogP contribution in [-0.2, 0) is 28.9 Å². The number of methoxy groups -OCH3 is 2. The molecule has 1 heterocycles. The van der Waals surface area contributed by atoms with E-state index < -0.39 is 0 Å². The molecule has 0 amide bonds. The highest BCUT2D eigenvalue weighted by Gasteiger charge is 2.20. The summed E-state index contributed by atoms with van der Waals surface area (Å²) in [5, 5.41) is 3.58. The van der Waals surface area contributed by atoms with Crippen molar-refractivity contribution in [3.63, 3.8) is 0 Å². The number of aromatic nitrogens is 1. The van der Waals surface area contributed by atoms with E-state index in [0.717, 1.165) is 51.5 Å². The maximum atomic E-state index is 5.13. The Morgan fingerprint density at radius 2 is 1.62 bits per heavy atom. The Hall–Kier alpha value is -0.970. The molecule has 1 fully saturated rings. The number of pyridine rings is 1. The van der Waals surface area contributed by atoms with Gasteiger partial charge < -0.3 is 14.8 Å². The summed E-state index contributed by atoms with van der Waals surface area (Å²) >= 11 is 0. The maximum Gasteiger partial charge on any atom is 0.0466 e. The molecule has 0 spiro atoms. The summed E-state index contributed by atoms with van der Waals surface area (Å²) < 4.78 is 10.3. The molecule has 118 valence electrons. The SMILES string of the molecule is COCCCc1cc(CNC2CC2)cc(CCCOC)n1. The molecule has 4 heteroatoms. The van der Waals surface area contributed by atoms with Crippen LogP contribution >= 0.6 is 0 Å². The van der Waals surface area contributed by atoms with Gasteiger partial charge in [0.1, 0.15) is 0 Å². The van der Waals surface area contributed by atoms with Crippen molar-refractivity contribution in [1.82, 2.24) is 10.3 Å². The molecule has 0 radical (unpaired) electrons. The lowest BCUT2D eigenvalue weighted by molar-refractivity contribution is 0.194. The van der Waals surface area contributed by atoms with Gasteiger partial charge in [0, 0.05) is 51.4 Å². The first-order chi connectivity index (χ1) is 10.3. The zero-order valence-electron chi connectivity index (χ0n) is 13.4. The second-order valence-electron chi connectivity index (χ2n) is 5.81. The van der Waals surface area contributed by atoms with Crippen LogP contribution < -0.4 is 5.32 Å². The molecule has 4 nitrogen and oxygen atoms in total. The van der Waals surface area contributed by atoms with E-state index in [2.05, 4.69) is 17.4 Å². The monoisotopic (exact) mass is 292 g/mol. The van der Waals surface area contributed by atoms with E-state index in [9.17, 15) is 0 Å². The van der Waals surface area contributed by atoms with Crippen LogP contribution in [0.4, 0.5) is 0 Å². The van der Waals surface area contributed by atoms with Crippen LogP contribution in [0.2, 0.25) is 0 Å². The van der Waals surface area contributed by atoms with Crippen molar-refractivity contribution in [2.24, 2.45) is 0 Å². The van der Waals surface area contributed by atoms with Crippen LogP contribution in [-0.4, -0.2) is 38.5 Å². The van der Waals surface area contributed by atoms with Crippen LogP contribution in [0.1, 0.15) is 42.6 Å². The second-order valence-corrected chi connectivity index (χ2v) is 5.81. The quantitative estimate of drug-likeness (QED) is 0.636. The lowest BCUT2D eigenvalue weighted by Gasteiger charge is -2.10. The van der Waals surface area contributed by atoms with E-state index >= 15 is 0 Å². The van der Waals surface area contributed by atoms with E-state index in [-0.39, 0.29) is 0 Å². The molecule has 0 atom stereocenters. The van der Waals surface area contributed by atoms with Gasteiger partial charge in [0.25, 0.3) is 0 Å². The molecule has 1 aromatic rings. The third kappa shape index (κ3) is 6.55. The van der Waals surface area contributed by atoms with Gasteiger partial charge in [-0.05, 0) is 56.2 Å². The van der Waals surface area contributed by atoms with E-state index in [1.807, 2.05) is 0 Å². The first kappa shape index (κ1) is 16.4. The predicted octanol–water partition coefficient (Wildman–Crippen LogP) is 2.49. The van der Waals surface area contributed by atoms with E-state index in [1.165, 1.54) is 29.8 Å². The molecule has 1 saturated carbocycles. The second kappa shape index (κ2) is 9.13. The highest BCUT2D eigenvalue weighted by molar-refractivity contribution is 5.22. The van der Waals surface area contributed by atoms with E-state index in [0.29, 0.717) is 0 Å². The third-order valence-corrected chi connectivity index (χ3v) is 3.73. The highest BCUT2D eigenvalue weighted by atomic mass is 16.5. The molecule has 0 saturated heterocycles. The van der Waals surface area contributed by atoms with Gasteiger partial charge in [-0.3, -0.25) is 4.98 Å². The lowest BCUT2D eigenvalue weighted by Crippen LogP contribution is -2.16. The van der Waals surface area contributed by atoms with Crippen LogP contribution in [0.25, 0.3) is 0 Å².